The molecule has 2 rings (SSSR count). The van der Waals surface area contributed by atoms with E-state index in [0.29, 0.717) is 12.2 Å². The Labute approximate surface area is 114 Å². The van der Waals surface area contributed by atoms with E-state index < -0.39 is 4.92 Å². The maximum Gasteiger partial charge on any atom is 0.272 e. The van der Waals surface area contributed by atoms with Crippen molar-refractivity contribution in [3.63, 3.8) is 0 Å². The molecule has 1 heterocycles. The lowest BCUT2D eigenvalue weighted by atomic mass is 10.3. The van der Waals surface area contributed by atoms with Gasteiger partial charge in [-0.05, 0) is 18.2 Å². The Morgan fingerprint density at radius 1 is 1.40 bits per heavy atom. The third kappa shape index (κ3) is 2.89. The van der Waals surface area contributed by atoms with Gasteiger partial charge in [-0.3, -0.25) is 14.9 Å². The van der Waals surface area contributed by atoms with E-state index in [0.717, 1.165) is 0 Å². The Balaban J connectivity index is 2.17. The number of nitro groups is 1. The van der Waals surface area contributed by atoms with Gasteiger partial charge >= 0.3 is 0 Å². The van der Waals surface area contributed by atoms with Crippen LogP contribution in [0.25, 0.3) is 5.69 Å². The number of aromatic nitrogens is 2. The molecule has 0 saturated carbocycles. The standard InChI is InChI=1S/C13H12N4O3/c1-2-8-14-13(18)12-7-9-16(15-12)10-3-5-11(6-4-10)17(19)20/h2-7,9H,1,8H2,(H,14,18). The first-order valence-corrected chi connectivity index (χ1v) is 5.81. The SMILES string of the molecule is C=CCNC(=O)c1ccn(-c2ccc([N+](=O)[O-])cc2)n1. The number of nitrogens with zero attached hydrogens (tertiary/aromatic N) is 3. The first kappa shape index (κ1) is 13.5. The van der Waals surface area contributed by atoms with Crippen LogP contribution in [0.4, 0.5) is 5.69 Å². The van der Waals surface area contributed by atoms with Gasteiger partial charge in [-0.2, -0.15) is 5.10 Å². The molecule has 20 heavy (non-hydrogen) atoms. The number of rotatable bonds is 5. The van der Waals surface area contributed by atoms with Gasteiger partial charge < -0.3 is 5.32 Å². The average Bonchev–Trinajstić information content (AvgIpc) is 2.94. The van der Waals surface area contributed by atoms with Gasteiger partial charge in [0, 0.05) is 24.9 Å². The highest BCUT2D eigenvalue weighted by molar-refractivity contribution is 5.92. The summed E-state index contributed by atoms with van der Waals surface area (Å²) in [7, 11) is 0. The van der Waals surface area contributed by atoms with E-state index in [1.54, 1.807) is 30.5 Å². The van der Waals surface area contributed by atoms with Gasteiger partial charge in [0.15, 0.2) is 5.69 Å². The first-order valence-electron chi connectivity index (χ1n) is 5.81. The zero-order valence-corrected chi connectivity index (χ0v) is 10.5. The molecular weight excluding hydrogens is 260 g/mol. The molecular formula is C13H12N4O3. The van der Waals surface area contributed by atoms with Gasteiger partial charge in [0.05, 0.1) is 10.6 Å². The van der Waals surface area contributed by atoms with Crippen LogP contribution in [0.2, 0.25) is 0 Å². The van der Waals surface area contributed by atoms with Crippen molar-refractivity contribution in [3.8, 4) is 5.69 Å². The minimum atomic E-state index is -0.471. The monoisotopic (exact) mass is 272 g/mol. The topological polar surface area (TPSA) is 90.1 Å². The second-order valence-corrected chi connectivity index (χ2v) is 3.92. The van der Waals surface area contributed by atoms with Gasteiger partial charge in [0.1, 0.15) is 0 Å². The predicted molar refractivity (Wildman–Crippen MR) is 72.7 cm³/mol. The highest BCUT2D eigenvalue weighted by Crippen LogP contribution is 2.14. The summed E-state index contributed by atoms with van der Waals surface area (Å²) in [6, 6.07) is 7.47. The smallest absolute Gasteiger partial charge is 0.272 e. The minimum absolute atomic E-state index is 0.00450. The number of carbonyl (C=O) groups is 1. The summed E-state index contributed by atoms with van der Waals surface area (Å²) in [5, 5.41) is 17.3. The lowest BCUT2D eigenvalue weighted by Gasteiger charge is -2.01. The van der Waals surface area contributed by atoms with Crippen LogP contribution < -0.4 is 5.32 Å². The number of nitrogens with one attached hydrogen (secondary N) is 1. The van der Waals surface area contributed by atoms with E-state index in [2.05, 4.69) is 17.0 Å². The Bertz CT molecular complexity index is 646. The number of non-ortho nitro benzene ring substituents is 1. The second kappa shape index (κ2) is 5.79. The molecule has 0 aliphatic carbocycles. The molecule has 7 nitrogen and oxygen atoms in total. The van der Waals surface area contributed by atoms with E-state index in [1.165, 1.54) is 16.8 Å². The van der Waals surface area contributed by atoms with Crippen molar-refractivity contribution in [2.24, 2.45) is 0 Å². The number of benzene rings is 1. The van der Waals surface area contributed by atoms with Crippen molar-refractivity contribution in [2.75, 3.05) is 6.54 Å². The van der Waals surface area contributed by atoms with Crippen LogP contribution in [-0.2, 0) is 0 Å². The molecule has 1 aromatic carbocycles. The number of hydrogen-bond donors (Lipinski definition) is 1. The molecule has 0 saturated heterocycles. The minimum Gasteiger partial charge on any atom is -0.347 e. The predicted octanol–water partition coefficient (Wildman–Crippen LogP) is 1.70. The highest BCUT2D eigenvalue weighted by atomic mass is 16.6. The summed E-state index contributed by atoms with van der Waals surface area (Å²) in [6.45, 7) is 3.87. The molecule has 0 aliphatic heterocycles. The molecule has 102 valence electrons. The molecule has 0 fully saturated rings. The summed E-state index contributed by atoms with van der Waals surface area (Å²) in [5.41, 5.74) is 0.911. The van der Waals surface area contributed by atoms with Gasteiger partial charge in [-0.25, -0.2) is 4.68 Å². The zero-order valence-electron chi connectivity index (χ0n) is 10.5. The normalized spacial score (nSPS) is 10.0. The van der Waals surface area contributed by atoms with E-state index >= 15 is 0 Å². The molecule has 0 bridgehead atoms. The van der Waals surface area contributed by atoms with Crippen molar-refractivity contribution in [1.29, 1.82) is 0 Å². The first-order chi connectivity index (χ1) is 9.61. The summed E-state index contributed by atoms with van der Waals surface area (Å²) in [5.74, 6) is -0.300. The fourth-order valence-electron chi connectivity index (χ4n) is 1.57. The fourth-order valence-corrected chi connectivity index (χ4v) is 1.57. The molecule has 2 aromatic rings. The van der Waals surface area contributed by atoms with Gasteiger partial charge in [0.25, 0.3) is 11.6 Å². The number of amides is 1. The summed E-state index contributed by atoms with van der Waals surface area (Å²) in [6.07, 6.45) is 3.19. The summed E-state index contributed by atoms with van der Waals surface area (Å²) in [4.78, 5) is 21.8. The van der Waals surface area contributed by atoms with E-state index in [1.807, 2.05) is 0 Å². The van der Waals surface area contributed by atoms with Crippen LogP contribution >= 0.6 is 0 Å². The maximum atomic E-state index is 11.7. The van der Waals surface area contributed by atoms with Crippen LogP contribution in [0.5, 0.6) is 0 Å². The molecule has 0 spiro atoms. The van der Waals surface area contributed by atoms with Crippen molar-refractivity contribution in [1.82, 2.24) is 15.1 Å². The molecule has 0 radical (unpaired) electrons. The zero-order chi connectivity index (χ0) is 14.5. The molecule has 1 amide bonds. The summed E-state index contributed by atoms with van der Waals surface area (Å²) < 4.78 is 1.48. The highest BCUT2D eigenvalue weighted by Gasteiger charge is 2.10. The second-order valence-electron chi connectivity index (χ2n) is 3.92. The van der Waals surface area contributed by atoms with Crippen LogP contribution in [0, 0.1) is 10.1 Å². The fraction of sp³-hybridized carbons (Fsp3) is 0.0769. The van der Waals surface area contributed by atoms with Crippen molar-refractivity contribution < 1.29 is 9.72 Å². The molecule has 0 unspecified atom stereocenters. The molecule has 1 N–H and O–H groups in total. The Morgan fingerprint density at radius 2 is 2.10 bits per heavy atom. The number of nitro benzene ring substituents is 1. The van der Waals surface area contributed by atoms with Crippen molar-refractivity contribution in [3.05, 3.63) is 65.0 Å². The molecule has 7 heteroatoms. The van der Waals surface area contributed by atoms with Crippen LogP contribution in [-0.4, -0.2) is 27.2 Å². The lowest BCUT2D eigenvalue weighted by Crippen LogP contribution is -2.23. The molecule has 1 aromatic heterocycles. The van der Waals surface area contributed by atoms with Crippen molar-refractivity contribution in [2.45, 2.75) is 0 Å². The Hall–Kier alpha value is -2.96. The van der Waals surface area contributed by atoms with Crippen LogP contribution in [0.3, 0.4) is 0 Å². The lowest BCUT2D eigenvalue weighted by molar-refractivity contribution is -0.384. The van der Waals surface area contributed by atoms with Crippen LogP contribution in [0.15, 0.2) is 49.2 Å². The van der Waals surface area contributed by atoms with Crippen molar-refractivity contribution >= 4 is 11.6 Å². The third-order valence-corrected chi connectivity index (χ3v) is 2.55. The third-order valence-electron chi connectivity index (χ3n) is 2.55. The number of carbonyl (C=O) groups excluding carboxylic acids is 1. The molecule has 0 aliphatic rings. The largest absolute Gasteiger partial charge is 0.347 e. The number of hydrogen-bond acceptors (Lipinski definition) is 4. The van der Waals surface area contributed by atoms with Gasteiger partial charge in [-0.15, -0.1) is 6.58 Å². The summed E-state index contributed by atoms with van der Waals surface area (Å²) >= 11 is 0. The molecule has 0 atom stereocenters. The average molecular weight is 272 g/mol. The quantitative estimate of drug-likeness (QED) is 0.509. The van der Waals surface area contributed by atoms with Gasteiger partial charge in [-0.1, -0.05) is 6.08 Å². The van der Waals surface area contributed by atoms with Crippen LogP contribution in [0.1, 0.15) is 10.5 Å². The Kier molecular flexibility index (Phi) is 3.90. The van der Waals surface area contributed by atoms with Gasteiger partial charge in [0.2, 0.25) is 0 Å². The van der Waals surface area contributed by atoms with E-state index in [4.69, 9.17) is 0 Å². The van der Waals surface area contributed by atoms with E-state index in [-0.39, 0.29) is 17.3 Å². The van der Waals surface area contributed by atoms with E-state index in [9.17, 15) is 14.9 Å². The Morgan fingerprint density at radius 3 is 2.70 bits per heavy atom. The maximum absolute atomic E-state index is 11.7.